The Morgan fingerprint density at radius 1 is 1.36 bits per heavy atom. The van der Waals surface area contributed by atoms with Crippen LogP contribution in [0.1, 0.15) is 18.1 Å². The summed E-state index contributed by atoms with van der Waals surface area (Å²) in [6.07, 6.45) is -4.40. The average molecular weight is 221 g/mol. The summed E-state index contributed by atoms with van der Waals surface area (Å²) in [7, 11) is 0. The molecule has 0 fully saturated rings. The smallest absolute Gasteiger partial charge is 0.166 e. The highest BCUT2D eigenvalue weighted by molar-refractivity contribution is 6.31. The van der Waals surface area contributed by atoms with Gasteiger partial charge in [0, 0.05) is 0 Å². The third-order valence-electron chi connectivity index (χ3n) is 1.77. The molecule has 0 saturated carbocycles. The van der Waals surface area contributed by atoms with Crippen LogP contribution in [0.2, 0.25) is 5.02 Å². The van der Waals surface area contributed by atoms with E-state index in [0.717, 1.165) is 6.07 Å². The zero-order chi connectivity index (χ0) is 10.9. The Morgan fingerprint density at radius 3 is 2.29 bits per heavy atom. The Morgan fingerprint density at radius 2 is 1.93 bits per heavy atom. The van der Waals surface area contributed by atoms with E-state index in [1.807, 2.05) is 0 Å². The van der Waals surface area contributed by atoms with Gasteiger partial charge in [-0.15, -0.1) is 0 Å². The summed E-state index contributed by atoms with van der Waals surface area (Å²) < 4.78 is 36.8. The molecular formula is C10H8ClF3. The fourth-order valence-electron chi connectivity index (χ4n) is 1.01. The largest absolute Gasteiger partial charge is 0.417 e. The van der Waals surface area contributed by atoms with Crippen molar-refractivity contribution < 1.29 is 13.2 Å². The first-order valence-electron chi connectivity index (χ1n) is 3.85. The molecule has 4 heteroatoms. The first kappa shape index (κ1) is 11.1. The lowest BCUT2D eigenvalue weighted by molar-refractivity contribution is -0.137. The molecule has 0 N–H and O–H groups in total. The van der Waals surface area contributed by atoms with E-state index >= 15 is 0 Å². The summed E-state index contributed by atoms with van der Waals surface area (Å²) in [4.78, 5) is 0. The maximum absolute atomic E-state index is 12.3. The Hall–Kier alpha value is -0.960. The summed E-state index contributed by atoms with van der Waals surface area (Å²) >= 11 is 5.50. The molecule has 0 aliphatic heterocycles. The van der Waals surface area contributed by atoms with Crippen molar-refractivity contribution in [3.05, 3.63) is 40.9 Å². The number of hydrogen-bond acceptors (Lipinski definition) is 0. The molecule has 14 heavy (non-hydrogen) atoms. The van der Waals surface area contributed by atoms with Crippen LogP contribution in [0.3, 0.4) is 0 Å². The van der Waals surface area contributed by atoms with Crippen LogP contribution >= 0.6 is 11.6 Å². The van der Waals surface area contributed by atoms with Gasteiger partial charge in [-0.25, -0.2) is 0 Å². The number of halogens is 4. The average Bonchev–Trinajstić information content (AvgIpc) is 2.01. The minimum Gasteiger partial charge on any atom is -0.166 e. The lowest BCUT2D eigenvalue weighted by Gasteiger charge is -2.09. The zero-order valence-electron chi connectivity index (χ0n) is 7.45. The molecule has 1 aromatic rings. The van der Waals surface area contributed by atoms with E-state index in [1.165, 1.54) is 12.1 Å². The molecule has 1 aromatic carbocycles. The molecule has 0 spiro atoms. The van der Waals surface area contributed by atoms with Gasteiger partial charge in [-0.1, -0.05) is 29.8 Å². The van der Waals surface area contributed by atoms with Crippen LogP contribution in [0.25, 0.3) is 5.57 Å². The van der Waals surface area contributed by atoms with Gasteiger partial charge < -0.3 is 0 Å². The SMILES string of the molecule is C=C(C)c1ccc(C(F)(F)F)c(Cl)c1. The van der Waals surface area contributed by atoms with Crippen LogP contribution in [0.15, 0.2) is 24.8 Å². The van der Waals surface area contributed by atoms with Crippen LogP contribution in [-0.2, 0) is 6.18 Å². The van der Waals surface area contributed by atoms with Gasteiger partial charge in [0.15, 0.2) is 0 Å². The molecule has 0 radical (unpaired) electrons. The van der Waals surface area contributed by atoms with E-state index in [0.29, 0.717) is 11.1 Å². The fraction of sp³-hybridized carbons (Fsp3) is 0.200. The molecular weight excluding hydrogens is 213 g/mol. The first-order valence-corrected chi connectivity index (χ1v) is 4.23. The summed E-state index contributed by atoms with van der Waals surface area (Å²) in [5, 5.41) is -0.294. The molecule has 76 valence electrons. The molecule has 0 aliphatic carbocycles. The van der Waals surface area contributed by atoms with E-state index in [4.69, 9.17) is 11.6 Å². The highest BCUT2D eigenvalue weighted by atomic mass is 35.5. The van der Waals surface area contributed by atoms with Crippen molar-refractivity contribution in [2.75, 3.05) is 0 Å². The second-order valence-electron chi connectivity index (χ2n) is 2.97. The molecule has 0 bridgehead atoms. The number of benzene rings is 1. The normalized spacial score (nSPS) is 11.5. The highest BCUT2D eigenvalue weighted by Crippen LogP contribution is 2.35. The van der Waals surface area contributed by atoms with Gasteiger partial charge in [0.25, 0.3) is 0 Å². The number of hydrogen-bond donors (Lipinski definition) is 0. The van der Waals surface area contributed by atoms with E-state index < -0.39 is 11.7 Å². The van der Waals surface area contributed by atoms with Gasteiger partial charge >= 0.3 is 6.18 Å². The monoisotopic (exact) mass is 220 g/mol. The maximum atomic E-state index is 12.3. The predicted octanol–water partition coefficient (Wildman–Crippen LogP) is 4.39. The van der Waals surface area contributed by atoms with Crippen LogP contribution < -0.4 is 0 Å². The van der Waals surface area contributed by atoms with Gasteiger partial charge in [0.05, 0.1) is 10.6 Å². The van der Waals surface area contributed by atoms with Crippen molar-refractivity contribution in [3.8, 4) is 0 Å². The Kier molecular flexibility index (Phi) is 2.90. The molecule has 0 aromatic heterocycles. The number of alkyl halides is 3. The molecule has 0 saturated heterocycles. The molecule has 0 amide bonds. The van der Waals surface area contributed by atoms with Gasteiger partial charge in [-0.05, 0) is 24.6 Å². The zero-order valence-corrected chi connectivity index (χ0v) is 8.21. The topological polar surface area (TPSA) is 0 Å². The van der Waals surface area contributed by atoms with Crippen molar-refractivity contribution in [2.24, 2.45) is 0 Å². The highest BCUT2D eigenvalue weighted by Gasteiger charge is 2.32. The van der Waals surface area contributed by atoms with Crippen molar-refractivity contribution in [1.82, 2.24) is 0 Å². The van der Waals surface area contributed by atoms with E-state index in [9.17, 15) is 13.2 Å². The Labute approximate surface area is 85.0 Å². The maximum Gasteiger partial charge on any atom is 0.417 e. The Balaban J connectivity index is 3.21. The van der Waals surface area contributed by atoms with Crippen molar-refractivity contribution in [1.29, 1.82) is 0 Å². The van der Waals surface area contributed by atoms with E-state index in [-0.39, 0.29) is 5.02 Å². The van der Waals surface area contributed by atoms with Crippen LogP contribution in [-0.4, -0.2) is 0 Å². The minimum atomic E-state index is -4.40. The van der Waals surface area contributed by atoms with Crippen molar-refractivity contribution in [3.63, 3.8) is 0 Å². The summed E-state index contributed by atoms with van der Waals surface area (Å²) in [5.74, 6) is 0. The van der Waals surface area contributed by atoms with Gasteiger partial charge in [0.2, 0.25) is 0 Å². The lowest BCUT2D eigenvalue weighted by Crippen LogP contribution is -2.05. The van der Waals surface area contributed by atoms with Gasteiger partial charge in [-0.3, -0.25) is 0 Å². The predicted molar refractivity (Wildman–Crippen MR) is 51.2 cm³/mol. The van der Waals surface area contributed by atoms with Crippen molar-refractivity contribution in [2.45, 2.75) is 13.1 Å². The quantitative estimate of drug-likeness (QED) is 0.658. The van der Waals surface area contributed by atoms with Crippen LogP contribution in [0.4, 0.5) is 13.2 Å². The molecule has 0 aliphatic rings. The molecule has 0 unspecified atom stereocenters. The van der Waals surface area contributed by atoms with Crippen LogP contribution in [0, 0.1) is 0 Å². The summed E-state index contributed by atoms with van der Waals surface area (Å²) in [6, 6.07) is 3.59. The third-order valence-corrected chi connectivity index (χ3v) is 2.08. The molecule has 0 heterocycles. The van der Waals surface area contributed by atoms with Crippen molar-refractivity contribution >= 4 is 17.2 Å². The number of allylic oxidation sites excluding steroid dienone is 1. The molecule has 1 rings (SSSR count). The fourth-order valence-corrected chi connectivity index (χ4v) is 1.30. The third kappa shape index (κ3) is 2.29. The van der Waals surface area contributed by atoms with Gasteiger partial charge in [-0.2, -0.15) is 13.2 Å². The summed E-state index contributed by atoms with van der Waals surface area (Å²) in [5.41, 5.74) is 0.479. The number of rotatable bonds is 1. The van der Waals surface area contributed by atoms with E-state index in [1.54, 1.807) is 6.92 Å². The summed E-state index contributed by atoms with van der Waals surface area (Å²) in [6.45, 7) is 5.33. The molecule has 0 nitrogen and oxygen atoms in total. The Bertz CT molecular complexity index is 366. The van der Waals surface area contributed by atoms with Crippen LogP contribution in [0.5, 0.6) is 0 Å². The molecule has 0 atom stereocenters. The van der Waals surface area contributed by atoms with E-state index in [2.05, 4.69) is 6.58 Å². The minimum absolute atomic E-state index is 0.294. The first-order chi connectivity index (χ1) is 6.32. The second-order valence-corrected chi connectivity index (χ2v) is 3.38. The standard InChI is InChI=1S/C10H8ClF3/c1-6(2)7-3-4-8(9(11)5-7)10(12,13)14/h3-5H,1H2,2H3. The second kappa shape index (κ2) is 3.65. The van der Waals surface area contributed by atoms with Gasteiger partial charge in [0.1, 0.15) is 0 Å². The lowest BCUT2D eigenvalue weighted by atomic mass is 10.1.